The molecule has 2 nitrogen and oxygen atoms in total. The number of benzene rings is 1. The molecule has 1 aromatic carbocycles. The van der Waals surface area contributed by atoms with Crippen molar-refractivity contribution < 1.29 is 4.42 Å². The minimum atomic E-state index is 0.202. The number of thiophene rings is 1. The van der Waals surface area contributed by atoms with Crippen LogP contribution in [-0.2, 0) is 6.42 Å². The van der Waals surface area contributed by atoms with E-state index in [4.69, 9.17) is 16.0 Å². The van der Waals surface area contributed by atoms with E-state index in [2.05, 4.69) is 31.3 Å². The Balaban J connectivity index is 1.66. The lowest BCUT2D eigenvalue weighted by atomic mass is 10.1. The predicted molar refractivity (Wildman–Crippen MR) is 90.4 cm³/mol. The van der Waals surface area contributed by atoms with E-state index in [0.717, 1.165) is 28.6 Å². The molecule has 0 saturated carbocycles. The SMILES string of the molecule is Cc1c(C(C)NCCc2ccc(Cl)s2)oc2ccccc12. The third-order valence-corrected chi connectivity index (χ3v) is 5.02. The molecule has 1 atom stereocenters. The fourth-order valence-electron chi connectivity index (χ4n) is 2.60. The Morgan fingerprint density at radius 3 is 2.76 bits per heavy atom. The summed E-state index contributed by atoms with van der Waals surface area (Å²) < 4.78 is 6.84. The predicted octanol–water partition coefficient (Wildman–Crippen LogP) is 5.35. The van der Waals surface area contributed by atoms with Crippen LogP contribution in [0.15, 0.2) is 40.8 Å². The van der Waals surface area contributed by atoms with Crippen LogP contribution >= 0.6 is 22.9 Å². The molecule has 2 heterocycles. The molecule has 0 aliphatic carbocycles. The lowest BCUT2D eigenvalue weighted by Crippen LogP contribution is -2.21. The molecule has 0 bridgehead atoms. The quantitative estimate of drug-likeness (QED) is 0.685. The van der Waals surface area contributed by atoms with Crippen molar-refractivity contribution in [1.82, 2.24) is 5.32 Å². The lowest BCUT2D eigenvalue weighted by molar-refractivity contribution is 0.451. The van der Waals surface area contributed by atoms with Gasteiger partial charge in [-0.15, -0.1) is 11.3 Å². The molecule has 3 rings (SSSR count). The molecule has 0 fully saturated rings. The lowest BCUT2D eigenvalue weighted by Gasteiger charge is -2.11. The van der Waals surface area contributed by atoms with Crippen LogP contribution in [0, 0.1) is 6.92 Å². The van der Waals surface area contributed by atoms with Crippen LogP contribution in [0.3, 0.4) is 0 Å². The molecule has 0 spiro atoms. The van der Waals surface area contributed by atoms with Crippen molar-refractivity contribution >= 4 is 33.9 Å². The number of hydrogen-bond acceptors (Lipinski definition) is 3. The molecule has 3 aromatic rings. The van der Waals surface area contributed by atoms with Crippen molar-refractivity contribution in [2.24, 2.45) is 0 Å². The molecule has 110 valence electrons. The zero-order chi connectivity index (χ0) is 14.8. The highest BCUT2D eigenvalue weighted by atomic mass is 35.5. The van der Waals surface area contributed by atoms with Gasteiger partial charge in [-0.25, -0.2) is 0 Å². The Hall–Kier alpha value is -1.29. The average molecular weight is 320 g/mol. The normalized spacial score (nSPS) is 12.9. The Morgan fingerprint density at radius 2 is 2.05 bits per heavy atom. The standard InChI is InChI=1S/C17H18ClNOS/c1-11-14-5-3-4-6-15(14)20-17(11)12(2)19-10-9-13-7-8-16(18)21-13/h3-8,12,19H,9-10H2,1-2H3. The topological polar surface area (TPSA) is 25.2 Å². The summed E-state index contributed by atoms with van der Waals surface area (Å²) in [6.45, 7) is 5.18. The van der Waals surface area contributed by atoms with Gasteiger partial charge >= 0.3 is 0 Å². The summed E-state index contributed by atoms with van der Waals surface area (Å²) in [5, 5.41) is 4.73. The zero-order valence-corrected chi connectivity index (χ0v) is 13.7. The van der Waals surface area contributed by atoms with Crippen molar-refractivity contribution in [2.75, 3.05) is 6.54 Å². The van der Waals surface area contributed by atoms with Crippen molar-refractivity contribution in [1.29, 1.82) is 0 Å². The molecule has 0 aliphatic heterocycles. The van der Waals surface area contributed by atoms with E-state index in [1.165, 1.54) is 15.8 Å². The summed E-state index contributed by atoms with van der Waals surface area (Å²) in [7, 11) is 0. The Bertz CT molecular complexity index is 746. The van der Waals surface area contributed by atoms with Crippen LogP contribution in [0.25, 0.3) is 11.0 Å². The fourth-order valence-corrected chi connectivity index (χ4v) is 3.68. The summed E-state index contributed by atoms with van der Waals surface area (Å²) in [4.78, 5) is 1.31. The van der Waals surface area contributed by atoms with Gasteiger partial charge in [0.05, 0.1) is 10.4 Å². The Labute approximate surface area is 133 Å². The highest BCUT2D eigenvalue weighted by Gasteiger charge is 2.15. The van der Waals surface area contributed by atoms with Crippen LogP contribution in [0.2, 0.25) is 4.34 Å². The maximum atomic E-state index is 5.99. The van der Waals surface area contributed by atoms with Crippen LogP contribution in [0.4, 0.5) is 0 Å². The Morgan fingerprint density at radius 1 is 1.24 bits per heavy atom. The van der Waals surface area contributed by atoms with Gasteiger partial charge in [0.1, 0.15) is 11.3 Å². The third-order valence-electron chi connectivity index (χ3n) is 3.72. The van der Waals surface area contributed by atoms with Gasteiger partial charge in [-0.05, 0) is 44.0 Å². The van der Waals surface area contributed by atoms with Gasteiger partial charge in [-0.2, -0.15) is 0 Å². The van der Waals surface area contributed by atoms with E-state index in [0.29, 0.717) is 0 Å². The van der Waals surface area contributed by atoms with Crippen LogP contribution in [-0.4, -0.2) is 6.54 Å². The van der Waals surface area contributed by atoms with Gasteiger partial charge < -0.3 is 9.73 Å². The second kappa shape index (κ2) is 6.22. The summed E-state index contributed by atoms with van der Waals surface area (Å²) in [5.41, 5.74) is 2.19. The summed E-state index contributed by atoms with van der Waals surface area (Å²) in [5.74, 6) is 1.03. The molecule has 1 unspecified atom stereocenters. The number of fused-ring (bicyclic) bond motifs is 1. The molecular formula is C17H18ClNOS. The van der Waals surface area contributed by atoms with Gasteiger partial charge in [0.25, 0.3) is 0 Å². The van der Waals surface area contributed by atoms with Gasteiger partial charge in [0, 0.05) is 16.8 Å². The number of rotatable bonds is 5. The fraction of sp³-hybridized carbons (Fsp3) is 0.294. The molecular weight excluding hydrogens is 302 g/mol. The molecule has 4 heteroatoms. The highest BCUT2D eigenvalue weighted by molar-refractivity contribution is 7.16. The molecule has 1 N–H and O–H groups in total. The van der Waals surface area contributed by atoms with E-state index in [-0.39, 0.29) is 6.04 Å². The van der Waals surface area contributed by atoms with Gasteiger partial charge in [0.2, 0.25) is 0 Å². The van der Waals surface area contributed by atoms with Gasteiger partial charge in [-0.1, -0.05) is 29.8 Å². The summed E-state index contributed by atoms with van der Waals surface area (Å²) in [6.07, 6.45) is 0.987. The largest absolute Gasteiger partial charge is 0.459 e. The molecule has 0 radical (unpaired) electrons. The van der Waals surface area contributed by atoms with Crippen molar-refractivity contribution in [2.45, 2.75) is 26.3 Å². The van der Waals surface area contributed by atoms with Crippen LogP contribution in [0.5, 0.6) is 0 Å². The summed E-state index contributed by atoms with van der Waals surface area (Å²) >= 11 is 7.59. The second-order valence-electron chi connectivity index (χ2n) is 5.22. The summed E-state index contributed by atoms with van der Waals surface area (Å²) in [6, 6.07) is 12.4. The van der Waals surface area contributed by atoms with E-state index in [1.54, 1.807) is 11.3 Å². The first-order valence-electron chi connectivity index (χ1n) is 7.11. The van der Waals surface area contributed by atoms with Gasteiger partial charge in [-0.3, -0.25) is 0 Å². The van der Waals surface area contributed by atoms with E-state index >= 15 is 0 Å². The molecule has 0 amide bonds. The van der Waals surface area contributed by atoms with Crippen molar-refractivity contribution in [3.8, 4) is 0 Å². The maximum absolute atomic E-state index is 5.99. The van der Waals surface area contributed by atoms with E-state index in [9.17, 15) is 0 Å². The first-order chi connectivity index (χ1) is 10.1. The first kappa shape index (κ1) is 14.6. The average Bonchev–Trinajstić information content (AvgIpc) is 3.03. The molecule has 21 heavy (non-hydrogen) atoms. The second-order valence-corrected chi connectivity index (χ2v) is 7.02. The van der Waals surface area contributed by atoms with Crippen molar-refractivity contribution in [3.05, 3.63) is 56.9 Å². The zero-order valence-electron chi connectivity index (χ0n) is 12.2. The number of nitrogens with one attached hydrogen (secondary N) is 1. The van der Waals surface area contributed by atoms with E-state index < -0.39 is 0 Å². The minimum absolute atomic E-state index is 0.202. The maximum Gasteiger partial charge on any atom is 0.134 e. The molecule has 2 aromatic heterocycles. The highest BCUT2D eigenvalue weighted by Crippen LogP contribution is 2.29. The monoisotopic (exact) mass is 319 g/mol. The number of furan rings is 1. The molecule has 0 saturated heterocycles. The third kappa shape index (κ3) is 3.15. The smallest absolute Gasteiger partial charge is 0.134 e. The van der Waals surface area contributed by atoms with E-state index in [1.807, 2.05) is 24.3 Å². The van der Waals surface area contributed by atoms with Crippen LogP contribution < -0.4 is 5.32 Å². The first-order valence-corrected chi connectivity index (χ1v) is 8.30. The number of para-hydroxylation sites is 1. The minimum Gasteiger partial charge on any atom is -0.459 e. The molecule has 0 aliphatic rings. The number of halogens is 1. The van der Waals surface area contributed by atoms with Crippen LogP contribution in [0.1, 0.15) is 29.2 Å². The Kier molecular flexibility index (Phi) is 4.34. The van der Waals surface area contributed by atoms with Crippen molar-refractivity contribution in [3.63, 3.8) is 0 Å². The number of aryl methyl sites for hydroxylation is 1. The van der Waals surface area contributed by atoms with Gasteiger partial charge in [0.15, 0.2) is 0 Å². The number of hydrogen-bond donors (Lipinski definition) is 1.